The second-order valence-corrected chi connectivity index (χ2v) is 1.94. The molecule has 0 aliphatic heterocycles. The molecule has 0 aromatic rings. The van der Waals surface area contributed by atoms with Gasteiger partial charge in [0, 0.05) is 6.21 Å². The lowest BCUT2D eigenvalue weighted by molar-refractivity contribution is 0.902. The van der Waals surface area contributed by atoms with E-state index in [1.165, 1.54) is 0 Å². The van der Waals surface area contributed by atoms with Gasteiger partial charge < -0.3 is 0 Å². The molecule has 8 heavy (non-hydrogen) atoms. The van der Waals surface area contributed by atoms with Crippen LogP contribution < -0.4 is 0 Å². The van der Waals surface area contributed by atoms with Gasteiger partial charge in [0.15, 0.2) is 0 Å². The topological polar surface area (TPSA) is 12.4 Å². The molecule has 0 amide bonds. The van der Waals surface area contributed by atoms with E-state index >= 15 is 0 Å². The van der Waals surface area contributed by atoms with Crippen LogP contribution in [-0.4, -0.2) is 12.8 Å². The van der Waals surface area contributed by atoms with Gasteiger partial charge in [0.1, 0.15) is 0 Å². The number of hydrogen-bond donors (Lipinski definition) is 0. The lowest BCUT2D eigenvalue weighted by atomic mass is 10.2. The summed E-state index contributed by atoms with van der Waals surface area (Å²) in [6.45, 7) is 4.65. The fourth-order valence-corrected chi connectivity index (χ4v) is 0.316. The molecule has 0 fully saturated rings. The molecule has 44 valence electrons. The highest BCUT2D eigenvalue weighted by Gasteiger charge is 1.80. The van der Waals surface area contributed by atoms with E-state index < -0.39 is 0 Å². The Labute approximate surface area is 50.8 Å². The van der Waals surface area contributed by atoms with E-state index in [-0.39, 0.29) is 0 Å². The Morgan fingerprint density at radius 1 is 1.75 bits per heavy atom. The zero-order valence-electron chi connectivity index (χ0n) is 5.39. The van der Waals surface area contributed by atoms with Gasteiger partial charge >= 0.3 is 0 Å². The fourth-order valence-electron chi connectivity index (χ4n) is 0.316. The third kappa shape index (κ3) is 5.23. The van der Waals surface area contributed by atoms with Crippen molar-refractivity contribution in [2.75, 3.05) is 6.54 Å². The van der Waals surface area contributed by atoms with E-state index in [0.29, 0.717) is 12.5 Å². The second-order valence-electron chi connectivity index (χ2n) is 1.94. The standard InChI is InChI=1S/C7H11N/c1-4-5-8-6-7(2)3/h1,6-7H,5H2,2-3H3. The Morgan fingerprint density at radius 2 is 2.38 bits per heavy atom. The highest BCUT2D eigenvalue weighted by molar-refractivity contribution is 5.59. The Balaban J connectivity index is 3.23. The minimum atomic E-state index is 0.512. The van der Waals surface area contributed by atoms with E-state index in [1.54, 1.807) is 0 Å². The van der Waals surface area contributed by atoms with Crippen molar-refractivity contribution in [1.82, 2.24) is 0 Å². The normalized spacial score (nSPS) is 10.2. The highest BCUT2D eigenvalue weighted by atomic mass is 14.7. The summed E-state index contributed by atoms with van der Waals surface area (Å²) in [5, 5.41) is 0. The number of terminal acetylenes is 1. The summed E-state index contributed by atoms with van der Waals surface area (Å²) in [7, 11) is 0. The lowest BCUT2D eigenvalue weighted by Crippen LogP contribution is -1.87. The lowest BCUT2D eigenvalue weighted by Gasteiger charge is -1.88. The summed E-state index contributed by atoms with van der Waals surface area (Å²) in [6.07, 6.45) is 6.81. The van der Waals surface area contributed by atoms with E-state index in [9.17, 15) is 0 Å². The van der Waals surface area contributed by atoms with Crippen molar-refractivity contribution in [3.05, 3.63) is 0 Å². The summed E-state index contributed by atoms with van der Waals surface area (Å²) >= 11 is 0. The average molecular weight is 109 g/mol. The molecular formula is C7H11N. The maximum absolute atomic E-state index is 4.95. The summed E-state index contributed by atoms with van der Waals surface area (Å²) in [5.41, 5.74) is 0. The Hall–Kier alpha value is -0.770. The molecule has 0 aliphatic rings. The molecule has 0 bridgehead atoms. The number of hydrogen-bond acceptors (Lipinski definition) is 1. The molecule has 0 saturated carbocycles. The van der Waals surface area contributed by atoms with Crippen molar-refractivity contribution in [3.8, 4) is 12.3 Å². The minimum absolute atomic E-state index is 0.512. The van der Waals surface area contributed by atoms with Gasteiger partial charge in [-0.3, -0.25) is 4.99 Å². The summed E-state index contributed by atoms with van der Waals surface area (Å²) in [4.78, 5) is 3.93. The third-order valence-corrected chi connectivity index (χ3v) is 0.586. The van der Waals surface area contributed by atoms with Crippen LogP contribution in [0.5, 0.6) is 0 Å². The van der Waals surface area contributed by atoms with Gasteiger partial charge in [-0.05, 0) is 5.92 Å². The second kappa shape index (κ2) is 4.39. The number of rotatable bonds is 2. The zero-order chi connectivity index (χ0) is 6.41. The third-order valence-electron chi connectivity index (χ3n) is 0.586. The van der Waals surface area contributed by atoms with Crippen LogP contribution in [0.4, 0.5) is 0 Å². The smallest absolute Gasteiger partial charge is 0.0991 e. The van der Waals surface area contributed by atoms with Crippen LogP contribution in [0.1, 0.15) is 13.8 Å². The number of nitrogens with zero attached hydrogens (tertiary/aromatic N) is 1. The molecule has 0 spiro atoms. The van der Waals surface area contributed by atoms with Crippen LogP contribution in [-0.2, 0) is 0 Å². The van der Waals surface area contributed by atoms with Crippen LogP contribution in [0.2, 0.25) is 0 Å². The summed E-state index contributed by atoms with van der Waals surface area (Å²) in [6, 6.07) is 0. The predicted molar refractivity (Wildman–Crippen MR) is 37.0 cm³/mol. The van der Waals surface area contributed by atoms with Crippen molar-refractivity contribution >= 4 is 6.21 Å². The van der Waals surface area contributed by atoms with Crippen LogP contribution >= 0.6 is 0 Å². The maximum atomic E-state index is 4.95. The van der Waals surface area contributed by atoms with Crippen LogP contribution in [0.15, 0.2) is 4.99 Å². The molecule has 0 N–H and O–H groups in total. The first-order valence-electron chi connectivity index (χ1n) is 2.70. The SMILES string of the molecule is C#CCN=CC(C)C. The van der Waals surface area contributed by atoms with Crippen LogP contribution in [0.3, 0.4) is 0 Å². The molecule has 0 radical (unpaired) electrons. The molecule has 1 heteroatoms. The molecule has 0 saturated heterocycles. The van der Waals surface area contributed by atoms with Gasteiger partial charge in [-0.15, -0.1) is 6.42 Å². The van der Waals surface area contributed by atoms with E-state index in [4.69, 9.17) is 6.42 Å². The van der Waals surface area contributed by atoms with E-state index in [0.717, 1.165) is 0 Å². The van der Waals surface area contributed by atoms with Crippen LogP contribution in [0.25, 0.3) is 0 Å². The molecule has 0 unspecified atom stereocenters. The molecule has 0 rings (SSSR count). The van der Waals surface area contributed by atoms with Gasteiger partial charge in [-0.1, -0.05) is 19.8 Å². The monoisotopic (exact) mass is 109 g/mol. The Kier molecular flexibility index (Phi) is 3.97. The Bertz CT molecular complexity index is 106. The Morgan fingerprint density at radius 3 is 2.75 bits per heavy atom. The summed E-state index contributed by atoms with van der Waals surface area (Å²) < 4.78 is 0. The molecule has 0 aliphatic carbocycles. The average Bonchev–Trinajstić information content (AvgIpc) is 1.66. The zero-order valence-corrected chi connectivity index (χ0v) is 5.39. The molecule has 0 aromatic carbocycles. The summed E-state index contributed by atoms with van der Waals surface area (Å²) in [5.74, 6) is 2.94. The molecule has 0 aromatic heterocycles. The molecule has 0 atom stereocenters. The van der Waals surface area contributed by atoms with Crippen molar-refractivity contribution in [2.24, 2.45) is 10.9 Å². The first kappa shape index (κ1) is 7.23. The van der Waals surface area contributed by atoms with Crippen molar-refractivity contribution in [1.29, 1.82) is 0 Å². The van der Waals surface area contributed by atoms with Gasteiger partial charge in [0.25, 0.3) is 0 Å². The van der Waals surface area contributed by atoms with Gasteiger partial charge in [0.2, 0.25) is 0 Å². The van der Waals surface area contributed by atoms with E-state index in [1.807, 2.05) is 6.21 Å². The van der Waals surface area contributed by atoms with Crippen molar-refractivity contribution < 1.29 is 0 Å². The molecule has 0 heterocycles. The largest absolute Gasteiger partial charge is 0.284 e. The van der Waals surface area contributed by atoms with Gasteiger partial charge in [-0.2, -0.15) is 0 Å². The quantitative estimate of drug-likeness (QED) is 0.375. The van der Waals surface area contributed by atoms with E-state index in [2.05, 4.69) is 24.8 Å². The van der Waals surface area contributed by atoms with Crippen molar-refractivity contribution in [3.63, 3.8) is 0 Å². The first-order valence-corrected chi connectivity index (χ1v) is 2.70. The molecule has 1 nitrogen and oxygen atoms in total. The number of aliphatic imine (C=N–C) groups is 1. The highest BCUT2D eigenvalue weighted by Crippen LogP contribution is 1.83. The minimum Gasteiger partial charge on any atom is -0.284 e. The van der Waals surface area contributed by atoms with Gasteiger partial charge in [-0.25, -0.2) is 0 Å². The predicted octanol–water partition coefficient (Wildman–Crippen LogP) is 1.35. The fraction of sp³-hybridized carbons (Fsp3) is 0.571. The maximum Gasteiger partial charge on any atom is 0.0991 e. The van der Waals surface area contributed by atoms with Gasteiger partial charge in [0.05, 0.1) is 6.54 Å². The molecular weight excluding hydrogens is 98.1 g/mol. The first-order chi connectivity index (χ1) is 3.77. The van der Waals surface area contributed by atoms with Crippen molar-refractivity contribution in [2.45, 2.75) is 13.8 Å². The van der Waals surface area contributed by atoms with Crippen LogP contribution in [0, 0.1) is 18.3 Å².